The molecule has 4 nitrogen and oxygen atoms in total. The monoisotopic (exact) mass is 279 g/mol. The Morgan fingerprint density at radius 2 is 2.06 bits per heavy atom. The smallest absolute Gasteiger partial charge is 0.306 e. The molecule has 2 N–H and O–H groups in total. The third-order valence-electron chi connectivity index (χ3n) is 2.02. The highest BCUT2D eigenvalue weighted by molar-refractivity contribution is 7.98. The van der Waals surface area contributed by atoms with E-state index in [-0.39, 0.29) is 6.03 Å². The van der Waals surface area contributed by atoms with Crippen LogP contribution >= 0.6 is 23.5 Å². The number of hydrogen-bond acceptors (Lipinski definition) is 3. The number of rotatable bonds is 3. The van der Waals surface area contributed by atoms with Crippen molar-refractivity contribution in [1.82, 2.24) is 9.71 Å². The highest BCUT2D eigenvalue weighted by atomic mass is 35.5. The first kappa shape index (κ1) is 12.7. The Kier molecular flexibility index (Phi) is 4.44. The average Bonchev–Trinajstić information content (AvgIpc) is 2.40. The maximum Gasteiger partial charge on any atom is 0.329 e. The summed E-state index contributed by atoms with van der Waals surface area (Å²) in [5.74, 6) is 0. The van der Waals surface area contributed by atoms with E-state index in [1.165, 1.54) is 11.9 Å². The maximum atomic E-state index is 11.6. The fourth-order valence-electron chi connectivity index (χ4n) is 1.22. The number of aromatic nitrogens is 1. The molecule has 0 bridgehead atoms. The lowest BCUT2D eigenvalue weighted by atomic mass is 10.3. The summed E-state index contributed by atoms with van der Waals surface area (Å²) in [6, 6.07) is 10.4. The minimum atomic E-state index is -0.336. The summed E-state index contributed by atoms with van der Waals surface area (Å²) in [6.07, 6.45) is 3.34. The van der Waals surface area contributed by atoms with Gasteiger partial charge in [-0.3, -0.25) is 9.71 Å². The van der Waals surface area contributed by atoms with E-state index in [4.69, 9.17) is 11.6 Å². The van der Waals surface area contributed by atoms with Gasteiger partial charge < -0.3 is 5.32 Å². The Morgan fingerprint density at radius 3 is 2.78 bits per heavy atom. The Balaban J connectivity index is 1.88. The van der Waals surface area contributed by atoms with Crippen molar-refractivity contribution in [1.29, 1.82) is 0 Å². The molecule has 1 aromatic carbocycles. The van der Waals surface area contributed by atoms with E-state index in [0.29, 0.717) is 10.7 Å². The molecule has 18 heavy (non-hydrogen) atoms. The van der Waals surface area contributed by atoms with Crippen molar-refractivity contribution in [3.63, 3.8) is 0 Å². The molecule has 0 unspecified atom stereocenters. The second-order valence-electron chi connectivity index (χ2n) is 3.33. The summed E-state index contributed by atoms with van der Waals surface area (Å²) in [6.45, 7) is 0. The predicted molar refractivity (Wildman–Crippen MR) is 73.7 cm³/mol. The van der Waals surface area contributed by atoms with Crippen LogP contribution in [0.4, 0.5) is 10.5 Å². The summed E-state index contributed by atoms with van der Waals surface area (Å²) in [5, 5.41) is 3.16. The van der Waals surface area contributed by atoms with Crippen molar-refractivity contribution >= 4 is 35.3 Å². The number of halogens is 1. The number of urea groups is 1. The number of nitrogens with one attached hydrogen (secondary N) is 2. The molecular weight excluding hydrogens is 270 g/mol. The zero-order valence-electron chi connectivity index (χ0n) is 9.26. The number of anilines is 1. The van der Waals surface area contributed by atoms with Crippen molar-refractivity contribution in [3.8, 4) is 0 Å². The number of amides is 2. The highest BCUT2D eigenvalue weighted by Gasteiger charge is 2.04. The van der Waals surface area contributed by atoms with Crippen molar-refractivity contribution in [2.24, 2.45) is 0 Å². The molecule has 2 amide bonds. The number of carbonyl (C=O) groups is 1. The molecule has 1 aromatic heterocycles. The van der Waals surface area contributed by atoms with Gasteiger partial charge in [-0.15, -0.1) is 0 Å². The molecule has 1 heterocycles. The third-order valence-corrected chi connectivity index (χ3v) is 3.11. The molecule has 0 radical (unpaired) electrons. The molecule has 2 rings (SSSR count). The molecule has 0 spiro atoms. The molecule has 6 heteroatoms. The van der Waals surface area contributed by atoms with Gasteiger partial charge in [-0.1, -0.05) is 23.7 Å². The van der Waals surface area contributed by atoms with E-state index in [1.54, 1.807) is 42.7 Å². The Labute approximate surface area is 114 Å². The van der Waals surface area contributed by atoms with E-state index in [1.807, 2.05) is 6.07 Å². The van der Waals surface area contributed by atoms with E-state index >= 15 is 0 Å². The molecule has 0 fully saturated rings. The first-order valence-electron chi connectivity index (χ1n) is 5.14. The van der Waals surface area contributed by atoms with Crippen LogP contribution in [0, 0.1) is 0 Å². The standard InChI is InChI=1S/C12H10ClN3OS/c13-10-5-1-2-6-11(10)15-12(17)16-18-9-4-3-7-14-8-9/h1-8H,(H2,15,16,17). The minimum absolute atomic E-state index is 0.336. The quantitative estimate of drug-likeness (QED) is 0.845. The van der Waals surface area contributed by atoms with Crippen LogP contribution < -0.4 is 10.0 Å². The number of carbonyl (C=O) groups excluding carboxylic acids is 1. The predicted octanol–water partition coefficient (Wildman–Crippen LogP) is 3.56. The summed E-state index contributed by atoms with van der Waals surface area (Å²) in [4.78, 5) is 16.4. The Morgan fingerprint density at radius 1 is 1.22 bits per heavy atom. The van der Waals surface area contributed by atoms with Crippen molar-refractivity contribution in [2.75, 3.05) is 5.32 Å². The summed E-state index contributed by atoms with van der Waals surface area (Å²) >= 11 is 7.11. The SMILES string of the molecule is O=C(NSc1cccnc1)Nc1ccccc1Cl. The molecule has 92 valence electrons. The first-order valence-corrected chi connectivity index (χ1v) is 6.33. The van der Waals surface area contributed by atoms with Crippen LogP contribution in [-0.2, 0) is 0 Å². The van der Waals surface area contributed by atoms with Crippen LogP contribution in [0.3, 0.4) is 0 Å². The van der Waals surface area contributed by atoms with Gasteiger partial charge >= 0.3 is 6.03 Å². The van der Waals surface area contributed by atoms with Crippen LogP contribution in [0.15, 0.2) is 53.7 Å². The molecule has 0 aliphatic carbocycles. The van der Waals surface area contributed by atoms with Gasteiger partial charge in [0.25, 0.3) is 0 Å². The Hall–Kier alpha value is -1.72. The number of para-hydroxylation sites is 1. The highest BCUT2D eigenvalue weighted by Crippen LogP contribution is 2.20. The molecule has 0 aliphatic rings. The Bertz CT molecular complexity index is 536. The first-order chi connectivity index (χ1) is 8.75. The van der Waals surface area contributed by atoms with Gasteiger partial charge in [0.1, 0.15) is 0 Å². The fraction of sp³-hybridized carbons (Fsp3) is 0. The van der Waals surface area contributed by atoms with Crippen LogP contribution in [0.25, 0.3) is 0 Å². The number of hydrogen-bond donors (Lipinski definition) is 2. The van der Waals surface area contributed by atoms with Gasteiger partial charge in [0.15, 0.2) is 0 Å². The summed E-state index contributed by atoms with van der Waals surface area (Å²) < 4.78 is 2.64. The number of nitrogens with zero attached hydrogens (tertiary/aromatic N) is 1. The minimum Gasteiger partial charge on any atom is -0.306 e. The zero-order chi connectivity index (χ0) is 12.8. The van der Waals surface area contributed by atoms with Crippen LogP contribution in [0.2, 0.25) is 5.02 Å². The van der Waals surface area contributed by atoms with E-state index in [9.17, 15) is 4.79 Å². The maximum absolute atomic E-state index is 11.6. The molecule has 0 aliphatic heterocycles. The van der Waals surface area contributed by atoms with Crippen LogP contribution in [-0.4, -0.2) is 11.0 Å². The van der Waals surface area contributed by atoms with E-state index < -0.39 is 0 Å². The molecule has 0 saturated carbocycles. The van der Waals surface area contributed by atoms with Crippen LogP contribution in [0.5, 0.6) is 0 Å². The summed E-state index contributed by atoms with van der Waals surface area (Å²) in [5.41, 5.74) is 0.573. The van der Waals surface area contributed by atoms with Crippen molar-refractivity contribution in [2.45, 2.75) is 4.90 Å². The molecule has 0 atom stereocenters. The fourth-order valence-corrected chi connectivity index (χ4v) is 1.93. The summed E-state index contributed by atoms with van der Waals surface area (Å²) in [7, 11) is 0. The van der Waals surface area contributed by atoms with Gasteiger partial charge in [0, 0.05) is 17.3 Å². The normalized spacial score (nSPS) is 9.83. The lowest BCUT2D eigenvalue weighted by molar-refractivity contribution is 0.257. The molecule has 0 saturated heterocycles. The lowest BCUT2D eigenvalue weighted by Crippen LogP contribution is -2.22. The average molecular weight is 280 g/mol. The zero-order valence-corrected chi connectivity index (χ0v) is 10.8. The second kappa shape index (κ2) is 6.28. The second-order valence-corrected chi connectivity index (χ2v) is 4.61. The molecule has 2 aromatic rings. The van der Waals surface area contributed by atoms with E-state index in [2.05, 4.69) is 15.0 Å². The van der Waals surface area contributed by atoms with Gasteiger partial charge in [0.05, 0.1) is 10.7 Å². The van der Waals surface area contributed by atoms with Gasteiger partial charge in [0.2, 0.25) is 0 Å². The van der Waals surface area contributed by atoms with Gasteiger partial charge in [-0.25, -0.2) is 4.79 Å². The van der Waals surface area contributed by atoms with Crippen molar-refractivity contribution in [3.05, 3.63) is 53.8 Å². The van der Waals surface area contributed by atoms with Crippen molar-refractivity contribution < 1.29 is 4.79 Å². The number of pyridine rings is 1. The number of benzene rings is 1. The molecular formula is C12H10ClN3OS. The third kappa shape index (κ3) is 3.65. The largest absolute Gasteiger partial charge is 0.329 e. The van der Waals surface area contributed by atoms with E-state index in [0.717, 1.165) is 4.90 Å². The lowest BCUT2D eigenvalue weighted by Gasteiger charge is -2.07. The van der Waals surface area contributed by atoms with Crippen LogP contribution in [0.1, 0.15) is 0 Å². The van der Waals surface area contributed by atoms with Gasteiger partial charge in [-0.2, -0.15) is 0 Å². The van der Waals surface area contributed by atoms with Gasteiger partial charge in [-0.05, 0) is 36.2 Å². The topological polar surface area (TPSA) is 54.0 Å².